The molecule has 1 heterocycles. The monoisotopic (exact) mass is 420 g/mol. The van der Waals surface area contributed by atoms with Crippen LogP contribution in [-0.2, 0) is 22.6 Å². The second-order valence-corrected chi connectivity index (χ2v) is 7.57. The zero-order valence-corrected chi connectivity index (χ0v) is 18.2. The lowest BCUT2D eigenvalue weighted by atomic mass is 10.0. The van der Waals surface area contributed by atoms with Gasteiger partial charge in [0.2, 0.25) is 0 Å². The van der Waals surface area contributed by atoms with Crippen LogP contribution in [0.3, 0.4) is 0 Å². The van der Waals surface area contributed by atoms with Crippen LogP contribution in [0, 0.1) is 6.92 Å². The predicted molar refractivity (Wildman–Crippen MR) is 122 cm³/mol. The molecule has 0 aliphatic carbocycles. The van der Waals surface area contributed by atoms with E-state index in [-0.39, 0.29) is 10.7 Å². The number of hydrogen-bond donors (Lipinski definition) is 0. The summed E-state index contributed by atoms with van der Waals surface area (Å²) in [4.78, 5) is 27.7. The molecule has 0 atom stereocenters. The fourth-order valence-electron chi connectivity index (χ4n) is 3.25. The molecule has 1 fully saturated rings. The van der Waals surface area contributed by atoms with Crippen molar-refractivity contribution in [2.45, 2.75) is 20.0 Å². The van der Waals surface area contributed by atoms with Crippen LogP contribution >= 0.6 is 12.2 Å². The van der Waals surface area contributed by atoms with E-state index in [9.17, 15) is 9.59 Å². The number of nitrogens with zero attached hydrogens (tertiary/aromatic N) is 2. The van der Waals surface area contributed by atoms with E-state index in [0.717, 1.165) is 22.4 Å². The second kappa shape index (κ2) is 9.05. The zero-order chi connectivity index (χ0) is 21.8. The minimum Gasteiger partial charge on any atom is -0.489 e. The van der Waals surface area contributed by atoms with E-state index in [4.69, 9.17) is 17.0 Å². The molecule has 2 aromatic carbocycles. The zero-order valence-electron chi connectivity index (χ0n) is 17.3. The van der Waals surface area contributed by atoms with E-state index < -0.39 is 11.8 Å². The number of carbonyl (C=O) groups is 2. The highest BCUT2D eigenvalue weighted by molar-refractivity contribution is 7.80. The van der Waals surface area contributed by atoms with Crippen LogP contribution in [0.1, 0.15) is 22.3 Å². The molecule has 0 unspecified atom stereocenters. The fourth-order valence-corrected chi connectivity index (χ4v) is 3.42. The standard InChI is InChI=1S/C24H24N2O3S/c1-5-7-19-13-17(14-20-22(27)25(3)24(30)26(4)23(20)28)10-11-21(19)29-15-18-9-6-8-16(2)12-18/h5-6,8-14H,1,7,15H2,2-4H3. The summed E-state index contributed by atoms with van der Waals surface area (Å²) in [5.41, 5.74) is 4.01. The van der Waals surface area contributed by atoms with Gasteiger partial charge in [0.1, 0.15) is 17.9 Å². The summed E-state index contributed by atoms with van der Waals surface area (Å²) in [6, 6.07) is 13.8. The van der Waals surface area contributed by atoms with Crippen molar-refractivity contribution in [3.8, 4) is 5.75 Å². The predicted octanol–water partition coefficient (Wildman–Crippen LogP) is 3.90. The number of carbonyl (C=O) groups excluding carboxylic acids is 2. The summed E-state index contributed by atoms with van der Waals surface area (Å²) in [5, 5.41) is 0.189. The summed E-state index contributed by atoms with van der Waals surface area (Å²) < 4.78 is 6.03. The maximum absolute atomic E-state index is 12.5. The Kier molecular flexibility index (Phi) is 6.47. The Hall–Kier alpha value is -3.25. The molecular formula is C24H24N2O3S. The Labute approximate surface area is 182 Å². The molecule has 1 aliphatic heterocycles. The van der Waals surface area contributed by atoms with E-state index in [1.165, 1.54) is 15.4 Å². The van der Waals surface area contributed by atoms with Crippen molar-refractivity contribution in [1.82, 2.24) is 9.80 Å². The van der Waals surface area contributed by atoms with E-state index in [1.54, 1.807) is 26.2 Å². The molecule has 5 nitrogen and oxygen atoms in total. The summed E-state index contributed by atoms with van der Waals surface area (Å²) in [6.45, 7) is 6.32. The van der Waals surface area contributed by atoms with Crippen molar-refractivity contribution < 1.29 is 14.3 Å². The Bertz CT molecular complexity index is 1030. The maximum atomic E-state index is 12.5. The Morgan fingerprint density at radius 1 is 1.07 bits per heavy atom. The van der Waals surface area contributed by atoms with E-state index in [0.29, 0.717) is 13.0 Å². The van der Waals surface area contributed by atoms with Crippen LogP contribution in [0.2, 0.25) is 0 Å². The van der Waals surface area contributed by atoms with Gasteiger partial charge >= 0.3 is 0 Å². The van der Waals surface area contributed by atoms with Crippen LogP contribution < -0.4 is 4.74 Å². The summed E-state index contributed by atoms with van der Waals surface area (Å²) in [5.74, 6) is -0.0726. The molecule has 30 heavy (non-hydrogen) atoms. The number of likely N-dealkylation sites (N-methyl/N-ethyl adjacent to an activating group) is 2. The van der Waals surface area contributed by atoms with Gasteiger partial charge in [0, 0.05) is 14.1 Å². The van der Waals surface area contributed by atoms with Crippen molar-refractivity contribution in [1.29, 1.82) is 0 Å². The third kappa shape index (κ3) is 4.49. The molecule has 6 heteroatoms. The summed E-state index contributed by atoms with van der Waals surface area (Å²) >= 11 is 5.13. The molecule has 0 radical (unpaired) electrons. The van der Waals surface area contributed by atoms with Gasteiger partial charge in [-0.3, -0.25) is 19.4 Å². The molecule has 0 aromatic heterocycles. The number of aryl methyl sites for hydroxylation is 1. The first kappa shape index (κ1) is 21.5. The minimum absolute atomic E-state index is 0.0755. The number of benzene rings is 2. The van der Waals surface area contributed by atoms with Gasteiger partial charge in [-0.15, -0.1) is 6.58 Å². The van der Waals surface area contributed by atoms with Crippen molar-refractivity contribution in [3.05, 3.63) is 82.9 Å². The minimum atomic E-state index is -0.409. The number of allylic oxidation sites excluding steroid dienone is 1. The second-order valence-electron chi connectivity index (χ2n) is 7.21. The molecule has 0 bridgehead atoms. The largest absolute Gasteiger partial charge is 0.489 e. The van der Waals surface area contributed by atoms with Gasteiger partial charge in [-0.2, -0.15) is 0 Å². The lowest BCUT2D eigenvalue weighted by Gasteiger charge is -2.31. The van der Waals surface area contributed by atoms with Crippen LogP contribution in [0.5, 0.6) is 5.75 Å². The van der Waals surface area contributed by atoms with Gasteiger partial charge in [-0.05, 0) is 60.5 Å². The first-order chi connectivity index (χ1) is 14.3. The van der Waals surface area contributed by atoms with E-state index >= 15 is 0 Å². The lowest BCUT2D eigenvalue weighted by molar-refractivity contribution is -0.132. The van der Waals surface area contributed by atoms with Crippen LogP contribution in [0.4, 0.5) is 0 Å². The molecule has 1 saturated heterocycles. The SMILES string of the molecule is C=CCc1cc(C=C2C(=O)N(C)C(=S)N(C)C2=O)ccc1OCc1cccc(C)c1. The smallest absolute Gasteiger partial charge is 0.265 e. The van der Waals surface area contributed by atoms with Crippen molar-refractivity contribution in [3.63, 3.8) is 0 Å². The van der Waals surface area contributed by atoms with Crippen LogP contribution in [0.15, 0.2) is 60.7 Å². The number of hydrogen-bond acceptors (Lipinski definition) is 4. The third-order valence-electron chi connectivity index (χ3n) is 4.88. The third-order valence-corrected chi connectivity index (χ3v) is 5.43. The number of thiocarbonyl (C=S) groups is 1. The normalized spacial score (nSPS) is 14.2. The number of rotatable bonds is 6. The molecule has 154 valence electrons. The van der Waals surface area contributed by atoms with Crippen molar-refractivity contribution in [2.24, 2.45) is 0 Å². The highest BCUT2D eigenvalue weighted by Crippen LogP contribution is 2.25. The average Bonchev–Trinajstić information content (AvgIpc) is 2.73. The highest BCUT2D eigenvalue weighted by atomic mass is 32.1. The van der Waals surface area contributed by atoms with Gasteiger partial charge in [0.25, 0.3) is 11.8 Å². The topological polar surface area (TPSA) is 49.9 Å². The van der Waals surface area contributed by atoms with E-state index in [2.05, 4.69) is 12.6 Å². The van der Waals surface area contributed by atoms with Gasteiger partial charge in [-0.1, -0.05) is 42.0 Å². The maximum Gasteiger partial charge on any atom is 0.265 e. The Morgan fingerprint density at radius 3 is 2.40 bits per heavy atom. The molecule has 1 aliphatic rings. The highest BCUT2D eigenvalue weighted by Gasteiger charge is 2.35. The molecule has 2 aromatic rings. The van der Waals surface area contributed by atoms with Gasteiger partial charge in [-0.25, -0.2) is 0 Å². The number of amides is 2. The van der Waals surface area contributed by atoms with Crippen molar-refractivity contribution >= 4 is 35.2 Å². The Balaban J connectivity index is 1.88. The van der Waals surface area contributed by atoms with E-state index in [1.807, 2.05) is 43.3 Å². The molecule has 3 rings (SSSR count). The first-order valence-corrected chi connectivity index (χ1v) is 9.96. The van der Waals surface area contributed by atoms with Gasteiger partial charge in [0.15, 0.2) is 5.11 Å². The van der Waals surface area contributed by atoms with Gasteiger partial charge in [0.05, 0.1) is 0 Å². The summed E-state index contributed by atoms with van der Waals surface area (Å²) in [7, 11) is 3.12. The Morgan fingerprint density at radius 2 is 1.77 bits per heavy atom. The molecule has 0 N–H and O–H groups in total. The van der Waals surface area contributed by atoms with Crippen molar-refractivity contribution in [2.75, 3.05) is 14.1 Å². The van der Waals surface area contributed by atoms with Crippen LogP contribution in [0.25, 0.3) is 6.08 Å². The lowest BCUT2D eigenvalue weighted by Crippen LogP contribution is -2.52. The molecule has 2 amide bonds. The molecule has 0 spiro atoms. The average molecular weight is 421 g/mol. The molecular weight excluding hydrogens is 396 g/mol. The number of ether oxygens (including phenoxy) is 1. The quantitative estimate of drug-likeness (QED) is 0.308. The molecule has 0 saturated carbocycles. The van der Waals surface area contributed by atoms with Gasteiger partial charge < -0.3 is 4.74 Å². The fraction of sp³-hybridized carbons (Fsp3) is 0.208. The summed E-state index contributed by atoms with van der Waals surface area (Å²) in [6.07, 6.45) is 3.99. The first-order valence-electron chi connectivity index (χ1n) is 9.55. The van der Waals surface area contributed by atoms with Crippen LogP contribution in [-0.4, -0.2) is 40.8 Å².